The standard InChI is InChI=1S/C19H16ClNO3/c20-18-10-8-14-13-15(7-9-17(14)21-18)19(22)24-12-4-11-23-16-5-2-1-3-6-16/h1-3,5-10,13H,4,11-12H2. The normalized spacial score (nSPS) is 10.5. The Morgan fingerprint density at radius 2 is 1.83 bits per heavy atom. The number of nitrogens with zero attached hydrogens (tertiary/aromatic N) is 1. The summed E-state index contributed by atoms with van der Waals surface area (Å²) in [5.74, 6) is 0.455. The highest BCUT2D eigenvalue weighted by atomic mass is 35.5. The highest BCUT2D eigenvalue weighted by molar-refractivity contribution is 6.29. The summed E-state index contributed by atoms with van der Waals surface area (Å²) in [4.78, 5) is 16.3. The van der Waals surface area contributed by atoms with Gasteiger partial charge in [-0.05, 0) is 42.5 Å². The van der Waals surface area contributed by atoms with Gasteiger partial charge in [-0.3, -0.25) is 0 Å². The Hall–Kier alpha value is -2.59. The number of ether oxygens (including phenoxy) is 2. The van der Waals surface area contributed by atoms with Crippen molar-refractivity contribution in [2.45, 2.75) is 6.42 Å². The first-order chi connectivity index (χ1) is 11.7. The van der Waals surface area contributed by atoms with E-state index in [2.05, 4.69) is 4.98 Å². The average Bonchev–Trinajstić information content (AvgIpc) is 2.61. The highest BCUT2D eigenvalue weighted by Crippen LogP contribution is 2.17. The second kappa shape index (κ2) is 7.79. The maximum Gasteiger partial charge on any atom is 0.338 e. The first-order valence-corrected chi connectivity index (χ1v) is 8.01. The summed E-state index contributed by atoms with van der Waals surface area (Å²) >= 11 is 5.85. The van der Waals surface area contributed by atoms with Crippen LogP contribution in [0.2, 0.25) is 5.15 Å². The summed E-state index contributed by atoms with van der Waals surface area (Å²) in [5.41, 5.74) is 1.24. The number of halogens is 1. The summed E-state index contributed by atoms with van der Waals surface area (Å²) in [6.45, 7) is 0.806. The Kier molecular flexibility index (Phi) is 5.29. The van der Waals surface area contributed by atoms with Crippen LogP contribution < -0.4 is 4.74 Å². The van der Waals surface area contributed by atoms with Gasteiger partial charge in [-0.2, -0.15) is 0 Å². The first kappa shape index (κ1) is 16.3. The van der Waals surface area contributed by atoms with Crippen molar-refractivity contribution in [3.63, 3.8) is 0 Å². The number of aromatic nitrogens is 1. The zero-order chi connectivity index (χ0) is 16.8. The van der Waals surface area contributed by atoms with E-state index in [0.29, 0.717) is 30.4 Å². The highest BCUT2D eigenvalue weighted by Gasteiger charge is 2.08. The van der Waals surface area contributed by atoms with E-state index < -0.39 is 0 Å². The summed E-state index contributed by atoms with van der Waals surface area (Å²) < 4.78 is 10.8. The smallest absolute Gasteiger partial charge is 0.338 e. The third-order valence-corrected chi connectivity index (χ3v) is 3.64. The molecule has 0 amide bonds. The first-order valence-electron chi connectivity index (χ1n) is 7.64. The van der Waals surface area contributed by atoms with Crippen LogP contribution >= 0.6 is 11.6 Å². The van der Waals surface area contributed by atoms with Crippen molar-refractivity contribution >= 4 is 28.5 Å². The van der Waals surface area contributed by atoms with Crippen molar-refractivity contribution in [2.24, 2.45) is 0 Å². The summed E-state index contributed by atoms with van der Waals surface area (Å²) in [6, 6.07) is 18.3. The molecule has 2 aromatic carbocycles. The second-order valence-electron chi connectivity index (χ2n) is 5.19. The molecule has 0 aliphatic carbocycles. The molecule has 3 aromatic rings. The van der Waals surface area contributed by atoms with Crippen LogP contribution in [0.25, 0.3) is 10.9 Å². The summed E-state index contributed by atoms with van der Waals surface area (Å²) in [6.07, 6.45) is 0.630. The average molecular weight is 342 g/mol. The van der Waals surface area contributed by atoms with Crippen LogP contribution in [0, 0.1) is 0 Å². The molecule has 0 saturated carbocycles. The lowest BCUT2D eigenvalue weighted by atomic mass is 10.1. The third kappa shape index (κ3) is 4.24. The molecule has 0 unspecified atom stereocenters. The number of hydrogen-bond acceptors (Lipinski definition) is 4. The lowest BCUT2D eigenvalue weighted by Gasteiger charge is -2.07. The SMILES string of the molecule is O=C(OCCCOc1ccccc1)c1ccc2nc(Cl)ccc2c1. The van der Waals surface area contributed by atoms with Gasteiger partial charge in [0, 0.05) is 11.8 Å². The van der Waals surface area contributed by atoms with E-state index in [9.17, 15) is 4.79 Å². The quantitative estimate of drug-likeness (QED) is 0.376. The van der Waals surface area contributed by atoms with Gasteiger partial charge in [0.1, 0.15) is 10.9 Å². The zero-order valence-corrected chi connectivity index (χ0v) is 13.7. The Balaban J connectivity index is 1.49. The molecule has 122 valence electrons. The van der Waals surface area contributed by atoms with Crippen LogP contribution in [0.3, 0.4) is 0 Å². The third-order valence-electron chi connectivity index (χ3n) is 3.42. The number of carbonyl (C=O) groups excluding carboxylic acids is 1. The number of hydrogen-bond donors (Lipinski definition) is 0. The molecule has 1 aromatic heterocycles. The maximum absolute atomic E-state index is 12.1. The second-order valence-corrected chi connectivity index (χ2v) is 5.58. The van der Waals surface area contributed by atoms with Gasteiger partial charge >= 0.3 is 5.97 Å². The van der Waals surface area contributed by atoms with Crippen molar-refractivity contribution in [3.05, 3.63) is 71.4 Å². The molecule has 0 aliphatic heterocycles. The number of rotatable bonds is 6. The molecule has 4 nitrogen and oxygen atoms in total. The van der Waals surface area contributed by atoms with Gasteiger partial charge in [-0.1, -0.05) is 29.8 Å². The Bertz CT molecular complexity index is 836. The number of para-hydroxylation sites is 1. The van der Waals surface area contributed by atoms with Gasteiger partial charge in [0.05, 0.1) is 24.3 Å². The molecule has 5 heteroatoms. The van der Waals surface area contributed by atoms with Crippen molar-refractivity contribution < 1.29 is 14.3 Å². The van der Waals surface area contributed by atoms with Crippen LogP contribution in [0.1, 0.15) is 16.8 Å². The van der Waals surface area contributed by atoms with Crippen molar-refractivity contribution in [1.29, 1.82) is 0 Å². The Morgan fingerprint density at radius 3 is 2.67 bits per heavy atom. The van der Waals surface area contributed by atoms with Gasteiger partial charge in [-0.15, -0.1) is 0 Å². The Morgan fingerprint density at radius 1 is 1.00 bits per heavy atom. The molecule has 24 heavy (non-hydrogen) atoms. The molecular weight excluding hydrogens is 326 g/mol. The van der Waals surface area contributed by atoms with Crippen LogP contribution in [0.5, 0.6) is 5.75 Å². The van der Waals surface area contributed by atoms with Gasteiger partial charge in [0.25, 0.3) is 0 Å². The van der Waals surface area contributed by atoms with Gasteiger partial charge in [0.15, 0.2) is 0 Å². The molecular formula is C19H16ClNO3. The summed E-state index contributed by atoms with van der Waals surface area (Å²) in [5, 5.41) is 1.28. The van der Waals surface area contributed by atoms with E-state index in [0.717, 1.165) is 16.7 Å². The van der Waals surface area contributed by atoms with E-state index in [-0.39, 0.29) is 5.97 Å². The lowest BCUT2D eigenvalue weighted by Crippen LogP contribution is -2.09. The predicted molar refractivity (Wildman–Crippen MR) is 93.6 cm³/mol. The van der Waals surface area contributed by atoms with Crippen molar-refractivity contribution in [3.8, 4) is 5.75 Å². The minimum absolute atomic E-state index is 0.308. The monoisotopic (exact) mass is 341 g/mol. The fraction of sp³-hybridized carbons (Fsp3) is 0.158. The molecule has 0 atom stereocenters. The number of benzene rings is 2. The molecule has 0 spiro atoms. The van der Waals surface area contributed by atoms with E-state index >= 15 is 0 Å². The number of pyridine rings is 1. The fourth-order valence-corrected chi connectivity index (χ4v) is 2.40. The molecule has 0 radical (unpaired) electrons. The van der Waals surface area contributed by atoms with Crippen molar-refractivity contribution in [2.75, 3.05) is 13.2 Å². The number of carbonyl (C=O) groups is 1. The zero-order valence-electron chi connectivity index (χ0n) is 12.9. The fourth-order valence-electron chi connectivity index (χ4n) is 2.24. The van der Waals surface area contributed by atoms with Crippen LogP contribution in [-0.4, -0.2) is 24.2 Å². The maximum atomic E-state index is 12.1. The van der Waals surface area contributed by atoms with Crippen LogP contribution in [0.15, 0.2) is 60.7 Å². The minimum Gasteiger partial charge on any atom is -0.493 e. The molecule has 1 heterocycles. The molecule has 0 aliphatic rings. The Labute approximate surface area is 145 Å². The summed E-state index contributed by atoms with van der Waals surface area (Å²) in [7, 11) is 0. The van der Waals surface area contributed by atoms with E-state index in [4.69, 9.17) is 21.1 Å². The van der Waals surface area contributed by atoms with Gasteiger partial charge in [-0.25, -0.2) is 9.78 Å². The van der Waals surface area contributed by atoms with Gasteiger partial charge in [0.2, 0.25) is 0 Å². The van der Waals surface area contributed by atoms with Crippen LogP contribution in [-0.2, 0) is 4.74 Å². The molecule has 0 N–H and O–H groups in total. The van der Waals surface area contributed by atoms with Crippen LogP contribution in [0.4, 0.5) is 0 Å². The van der Waals surface area contributed by atoms with E-state index in [1.807, 2.05) is 36.4 Å². The molecule has 0 fully saturated rings. The molecule has 3 rings (SSSR count). The molecule has 0 saturated heterocycles. The topological polar surface area (TPSA) is 48.4 Å². The minimum atomic E-state index is -0.355. The number of esters is 1. The largest absolute Gasteiger partial charge is 0.493 e. The van der Waals surface area contributed by atoms with Crippen molar-refractivity contribution in [1.82, 2.24) is 4.98 Å². The van der Waals surface area contributed by atoms with E-state index in [1.54, 1.807) is 24.3 Å². The van der Waals surface area contributed by atoms with E-state index in [1.165, 1.54) is 0 Å². The predicted octanol–water partition coefficient (Wildman–Crippen LogP) is 4.51. The lowest BCUT2D eigenvalue weighted by molar-refractivity contribution is 0.0486. The van der Waals surface area contributed by atoms with Gasteiger partial charge < -0.3 is 9.47 Å². The molecule has 0 bridgehead atoms. The number of fused-ring (bicyclic) bond motifs is 1.